The number of allylic oxidation sites excluding steroid dienone is 1. The van der Waals surface area contributed by atoms with E-state index in [4.69, 9.17) is 9.47 Å². The van der Waals surface area contributed by atoms with Gasteiger partial charge in [-0.1, -0.05) is 42.0 Å². The van der Waals surface area contributed by atoms with Crippen molar-refractivity contribution in [3.8, 4) is 22.6 Å². The fraction of sp³-hybridized carbons (Fsp3) is 0.323. The van der Waals surface area contributed by atoms with Crippen molar-refractivity contribution < 1.29 is 27.4 Å². The Morgan fingerprint density at radius 2 is 1.65 bits per heavy atom. The van der Waals surface area contributed by atoms with E-state index in [2.05, 4.69) is 6.58 Å². The zero-order valence-electron chi connectivity index (χ0n) is 20.9. The number of rotatable bonds is 9. The molecule has 1 aliphatic carbocycles. The highest BCUT2D eigenvalue weighted by Crippen LogP contribution is 2.38. The van der Waals surface area contributed by atoms with Crippen LogP contribution in [0.5, 0.6) is 11.5 Å². The number of halogens is 3. The van der Waals surface area contributed by atoms with E-state index >= 15 is 0 Å². The van der Waals surface area contributed by atoms with Crippen molar-refractivity contribution in [2.75, 3.05) is 6.61 Å². The number of ether oxygens (including phenoxy) is 2. The van der Waals surface area contributed by atoms with Gasteiger partial charge in [-0.2, -0.15) is 4.39 Å². The highest BCUT2D eigenvalue weighted by atomic mass is 19.2. The molecule has 194 valence electrons. The molecular formula is C31H31F3O3. The Morgan fingerprint density at radius 3 is 2.32 bits per heavy atom. The van der Waals surface area contributed by atoms with Gasteiger partial charge in [0.25, 0.3) is 0 Å². The average molecular weight is 509 g/mol. The molecule has 0 bridgehead atoms. The van der Waals surface area contributed by atoms with Crippen LogP contribution in [0.3, 0.4) is 0 Å². The molecular weight excluding hydrogens is 477 g/mol. The van der Waals surface area contributed by atoms with E-state index in [1.54, 1.807) is 24.3 Å². The summed E-state index contributed by atoms with van der Waals surface area (Å²) in [4.78, 5) is 12.7. The molecule has 0 N–H and O–H groups in total. The van der Waals surface area contributed by atoms with Crippen LogP contribution in [0.15, 0.2) is 67.3 Å². The first-order valence-corrected chi connectivity index (χ1v) is 12.7. The van der Waals surface area contributed by atoms with Gasteiger partial charge in [0.15, 0.2) is 23.1 Å². The fourth-order valence-corrected chi connectivity index (χ4v) is 4.72. The quantitative estimate of drug-likeness (QED) is 0.126. The Morgan fingerprint density at radius 1 is 0.946 bits per heavy atom. The molecule has 0 aliphatic heterocycles. The summed E-state index contributed by atoms with van der Waals surface area (Å²) in [6.45, 7) is 5.99. The van der Waals surface area contributed by atoms with Gasteiger partial charge >= 0.3 is 5.97 Å². The zero-order valence-corrected chi connectivity index (χ0v) is 20.9. The lowest BCUT2D eigenvalue weighted by Gasteiger charge is -2.27. The molecule has 0 spiro atoms. The van der Waals surface area contributed by atoms with Gasteiger partial charge in [-0.05, 0) is 86.8 Å². The van der Waals surface area contributed by atoms with E-state index in [1.807, 2.05) is 25.1 Å². The second-order valence-corrected chi connectivity index (χ2v) is 9.54. The number of hydrogen-bond donors (Lipinski definition) is 0. The van der Waals surface area contributed by atoms with Crippen LogP contribution < -0.4 is 9.47 Å². The van der Waals surface area contributed by atoms with Crippen molar-refractivity contribution in [3.05, 3.63) is 95.8 Å². The molecule has 0 aromatic heterocycles. The van der Waals surface area contributed by atoms with Crippen LogP contribution in [0.4, 0.5) is 13.2 Å². The summed E-state index contributed by atoms with van der Waals surface area (Å²) < 4.78 is 54.7. The third kappa shape index (κ3) is 6.43. The summed E-state index contributed by atoms with van der Waals surface area (Å²) in [6.07, 6.45) is 5.77. The second kappa shape index (κ2) is 12.1. The van der Waals surface area contributed by atoms with Gasteiger partial charge in [0.05, 0.1) is 12.5 Å². The molecule has 3 nitrogen and oxygen atoms in total. The highest BCUT2D eigenvalue weighted by Gasteiger charge is 2.30. The number of benzene rings is 3. The molecule has 3 aromatic rings. The SMILES string of the molecule is C=CCCCOc1ccc(C2CCC(C(=O)Oc3ccc(-c4ccc(C)cc4)c(F)c3F)CC2)cc1F. The Bertz CT molecular complexity index is 1250. The molecule has 1 fully saturated rings. The maximum Gasteiger partial charge on any atom is 0.314 e. The van der Waals surface area contributed by atoms with Crippen LogP contribution in [-0.2, 0) is 4.79 Å². The first kappa shape index (κ1) is 26.5. The molecule has 0 saturated heterocycles. The van der Waals surface area contributed by atoms with Crippen molar-refractivity contribution in [3.63, 3.8) is 0 Å². The molecule has 1 saturated carbocycles. The lowest BCUT2D eigenvalue weighted by atomic mass is 9.78. The minimum atomic E-state index is -1.18. The van der Waals surface area contributed by atoms with Crippen molar-refractivity contribution in [2.45, 2.75) is 51.4 Å². The predicted octanol–water partition coefficient (Wildman–Crippen LogP) is 8.30. The van der Waals surface area contributed by atoms with Crippen LogP contribution in [-0.4, -0.2) is 12.6 Å². The Labute approximate surface area is 215 Å². The molecule has 0 amide bonds. The predicted molar refractivity (Wildman–Crippen MR) is 138 cm³/mol. The van der Waals surface area contributed by atoms with E-state index in [1.165, 1.54) is 18.2 Å². The monoisotopic (exact) mass is 508 g/mol. The summed E-state index contributed by atoms with van der Waals surface area (Å²) in [6, 6.07) is 14.8. The van der Waals surface area contributed by atoms with Crippen LogP contribution in [0.2, 0.25) is 0 Å². The van der Waals surface area contributed by atoms with Gasteiger partial charge in [-0.3, -0.25) is 4.79 Å². The maximum atomic E-state index is 14.7. The minimum absolute atomic E-state index is 0.108. The van der Waals surface area contributed by atoms with Crippen LogP contribution in [0.25, 0.3) is 11.1 Å². The van der Waals surface area contributed by atoms with Gasteiger partial charge in [0.1, 0.15) is 0 Å². The van der Waals surface area contributed by atoms with Crippen LogP contribution in [0.1, 0.15) is 55.6 Å². The maximum absolute atomic E-state index is 14.7. The molecule has 0 heterocycles. The van der Waals surface area contributed by atoms with Crippen LogP contribution in [0, 0.1) is 30.3 Å². The highest BCUT2D eigenvalue weighted by molar-refractivity contribution is 5.76. The smallest absolute Gasteiger partial charge is 0.314 e. The molecule has 0 atom stereocenters. The lowest BCUT2D eigenvalue weighted by Crippen LogP contribution is -2.25. The number of carbonyl (C=O) groups excluding carboxylic acids is 1. The number of carbonyl (C=O) groups is 1. The zero-order chi connectivity index (χ0) is 26.4. The summed E-state index contributed by atoms with van der Waals surface area (Å²) in [5.74, 6) is -3.70. The van der Waals surface area contributed by atoms with Gasteiger partial charge in [-0.15, -0.1) is 6.58 Å². The van der Waals surface area contributed by atoms with Crippen molar-refractivity contribution in [1.29, 1.82) is 0 Å². The Balaban J connectivity index is 1.34. The molecule has 1 aliphatic rings. The van der Waals surface area contributed by atoms with Gasteiger partial charge in [-0.25, -0.2) is 8.78 Å². The second-order valence-electron chi connectivity index (χ2n) is 9.54. The van der Waals surface area contributed by atoms with E-state index < -0.39 is 35.1 Å². The molecule has 3 aromatic carbocycles. The largest absolute Gasteiger partial charge is 0.491 e. The van der Waals surface area contributed by atoms with E-state index in [0.717, 1.165) is 24.0 Å². The molecule has 6 heteroatoms. The summed E-state index contributed by atoms with van der Waals surface area (Å²) >= 11 is 0. The normalized spacial score (nSPS) is 17.3. The molecule has 0 unspecified atom stereocenters. The third-order valence-electron chi connectivity index (χ3n) is 6.92. The summed E-state index contributed by atoms with van der Waals surface area (Å²) in [5.41, 5.74) is 2.53. The molecule has 0 radical (unpaired) electrons. The van der Waals surface area contributed by atoms with Crippen molar-refractivity contribution in [1.82, 2.24) is 0 Å². The third-order valence-corrected chi connectivity index (χ3v) is 6.92. The van der Waals surface area contributed by atoms with E-state index in [-0.39, 0.29) is 17.2 Å². The summed E-state index contributed by atoms with van der Waals surface area (Å²) in [5, 5.41) is 0. The number of aryl methyl sites for hydroxylation is 1. The number of hydrogen-bond acceptors (Lipinski definition) is 3. The van der Waals surface area contributed by atoms with E-state index in [0.29, 0.717) is 37.9 Å². The lowest BCUT2D eigenvalue weighted by molar-refractivity contribution is -0.140. The Kier molecular flexibility index (Phi) is 8.70. The van der Waals surface area contributed by atoms with Crippen molar-refractivity contribution in [2.24, 2.45) is 5.92 Å². The fourth-order valence-electron chi connectivity index (χ4n) is 4.72. The van der Waals surface area contributed by atoms with E-state index in [9.17, 15) is 18.0 Å². The minimum Gasteiger partial charge on any atom is -0.491 e. The van der Waals surface area contributed by atoms with Gasteiger partial charge in [0.2, 0.25) is 5.82 Å². The molecule has 37 heavy (non-hydrogen) atoms. The summed E-state index contributed by atoms with van der Waals surface area (Å²) in [7, 11) is 0. The Hall–Kier alpha value is -3.54. The first-order chi connectivity index (χ1) is 17.9. The number of esters is 1. The number of unbranched alkanes of at least 4 members (excludes halogenated alkanes) is 1. The standard InChI is InChI=1S/C31H31F3O3/c1-3-4-5-18-36-27-16-14-24(19-26(27)32)21-10-12-23(13-11-21)31(35)37-28-17-15-25(29(33)30(28)34)22-8-6-20(2)7-9-22/h3,6-9,14-17,19,21,23H,1,4-5,10-13,18H2,2H3. The van der Waals surface area contributed by atoms with Crippen molar-refractivity contribution >= 4 is 5.97 Å². The molecule has 4 rings (SSSR count). The first-order valence-electron chi connectivity index (χ1n) is 12.7. The van der Waals surface area contributed by atoms with Crippen LogP contribution >= 0.6 is 0 Å². The van der Waals surface area contributed by atoms with Gasteiger partial charge < -0.3 is 9.47 Å². The van der Waals surface area contributed by atoms with Gasteiger partial charge in [0, 0.05) is 5.56 Å². The topological polar surface area (TPSA) is 35.5 Å². The average Bonchev–Trinajstić information content (AvgIpc) is 2.91.